The first-order chi connectivity index (χ1) is 13.1. The molecule has 1 aliphatic heterocycles. The summed E-state index contributed by atoms with van der Waals surface area (Å²) in [6, 6.07) is 6.57. The summed E-state index contributed by atoms with van der Waals surface area (Å²) in [4.78, 5) is 27.8. The van der Waals surface area contributed by atoms with Crippen LogP contribution in [0.4, 0.5) is 5.00 Å². The van der Waals surface area contributed by atoms with E-state index in [9.17, 15) is 14.9 Å². The second kappa shape index (κ2) is 7.12. The van der Waals surface area contributed by atoms with E-state index < -0.39 is 10.8 Å². The van der Waals surface area contributed by atoms with Crippen molar-refractivity contribution in [3.05, 3.63) is 44.1 Å². The molecule has 0 bridgehead atoms. The highest BCUT2D eigenvalue weighted by Crippen LogP contribution is 2.35. The molecule has 1 aromatic carbocycles. The highest BCUT2D eigenvalue weighted by molar-refractivity contribution is 7.17. The van der Waals surface area contributed by atoms with Gasteiger partial charge in [-0.25, -0.2) is 0 Å². The van der Waals surface area contributed by atoms with Crippen molar-refractivity contribution in [3.8, 4) is 11.5 Å². The van der Waals surface area contributed by atoms with E-state index in [0.29, 0.717) is 36.1 Å². The maximum Gasteiger partial charge on any atom is 0.324 e. The van der Waals surface area contributed by atoms with Crippen LogP contribution in [0.15, 0.2) is 29.3 Å². The minimum Gasteiger partial charge on any atom is -0.486 e. The van der Waals surface area contributed by atoms with E-state index in [0.717, 1.165) is 28.0 Å². The Morgan fingerprint density at radius 2 is 2.00 bits per heavy atom. The average Bonchev–Trinajstić information content (AvgIpc) is 3.26. The largest absolute Gasteiger partial charge is 0.486 e. The van der Waals surface area contributed by atoms with Gasteiger partial charge in [0.05, 0.1) is 15.1 Å². The number of benzene rings is 1. The van der Waals surface area contributed by atoms with Crippen LogP contribution in [0.1, 0.15) is 23.0 Å². The van der Waals surface area contributed by atoms with Crippen LogP contribution < -0.4 is 14.3 Å². The fraction of sp³-hybridized carbons (Fsp3) is 0.294. The molecule has 0 fully saturated rings. The van der Waals surface area contributed by atoms with E-state index >= 15 is 0 Å². The van der Waals surface area contributed by atoms with Gasteiger partial charge in [-0.2, -0.15) is 4.99 Å². The van der Waals surface area contributed by atoms with Gasteiger partial charge in [0.1, 0.15) is 18.1 Å². The third kappa shape index (κ3) is 3.33. The molecule has 0 aliphatic carbocycles. The number of aromatic nitrogens is 1. The van der Waals surface area contributed by atoms with Crippen molar-refractivity contribution in [3.63, 3.8) is 0 Å². The number of thiophene rings is 1. The molecule has 1 amide bonds. The minimum absolute atomic E-state index is 0.0756. The molecule has 0 radical (unpaired) electrons. The molecule has 0 saturated carbocycles. The first-order valence-corrected chi connectivity index (χ1v) is 9.96. The van der Waals surface area contributed by atoms with E-state index in [1.165, 1.54) is 23.5 Å². The van der Waals surface area contributed by atoms with Crippen LogP contribution in [-0.2, 0) is 6.54 Å². The second-order valence-corrected chi connectivity index (χ2v) is 7.88. The van der Waals surface area contributed by atoms with Crippen molar-refractivity contribution in [2.75, 3.05) is 13.2 Å². The molecule has 2 aromatic heterocycles. The third-order valence-electron chi connectivity index (χ3n) is 3.97. The zero-order valence-corrected chi connectivity index (χ0v) is 16.0. The van der Waals surface area contributed by atoms with Crippen molar-refractivity contribution >= 4 is 43.8 Å². The lowest BCUT2D eigenvalue weighted by molar-refractivity contribution is -0.380. The molecule has 4 rings (SSSR count). The molecule has 3 heterocycles. The number of aryl methyl sites for hydroxylation is 1. The van der Waals surface area contributed by atoms with Crippen molar-refractivity contribution in [2.45, 2.75) is 19.9 Å². The first kappa shape index (κ1) is 17.7. The molecule has 1 aliphatic rings. The molecular formula is C17H15N3O5S2. The maximum atomic E-state index is 12.5. The summed E-state index contributed by atoms with van der Waals surface area (Å²) < 4.78 is 14.2. The van der Waals surface area contributed by atoms with Crippen LogP contribution >= 0.6 is 22.7 Å². The number of carbonyl (C=O) groups is 1. The molecular weight excluding hydrogens is 390 g/mol. The lowest BCUT2D eigenvalue weighted by Crippen LogP contribution is -2.17. The van der Waals surface area contributed by atoms with E-state index in [4.69, 9.17) is 9.47 Å². The Morgan fingerprint density at radius 3 is 2.67 bits per heavy atom. The number of hydrogen-bond donors (Lipinski definition) is 0. The minimum atomic E-state index is -0.511. The average molecular weight is 405 g/mol. The van der Waals surface area contributed by atoms with Crippen LogP contribution in [0.5, 0.6) is 11.5 Å². The van der Waals surface area contributed by atoms with Crippen LogP contribution in [0.3, 0.4) is 0 Å². The lowest BCUT2D eigenvalue weighted by Gasteiger charge is -2.18. The predicted molar refractivity (Wildman–Crippen MR) is 102 cm³/mol. The number of hydrogen-bond acceptors (Lipinski definition) is 7. The Kier molecular flexibility index (Phi) is 4.66. The smallest absolute Gasteiger partial charge is 0.324 e. The van der Waals surface area contributed by atoms with Gasteiger partial charge in [-0.1, -0.05) is 29.6 Å². The highest BCUT2D eigenvalue weighted by atomic mass is 32.1. The number of nitro groups is 1. The lowest BCUT2D eigenvalue weighted by atomic mass is 10.2. The van der Waals surface area contributed by atoms with Gasteiger partial charge in [-0.3, -0.25) is 14.9 Å². The highest BCUT2D eigenvalue weighted by Gasteiger charge is 2.18. The van der Waals surface area contributed by atoms with Gasteiger partial charge in [0.15, 0.2) is 16.3 Å². The Morgan fingerprint density at radius 1 is 1.26 bits per heavy atom. The number of carbonyl (C=O) groups excluding carboxylic acids is 1. The number of ether oxygens (including phenoxy) is 2. The van der Waals surface area contributed by atoms with Gasteiger partial charge >= 0.3 is 5.00 Å². The zero-order valence-electron chi connectivity index (χ0n) is 14.3. The summed E-state index contributed by atoms with van der Waals surface area (Å²) in [5.41, 5.74) is 0.926. The molecule has 8 nitrogen and oxygen atoms in total. The summed E-state index contributed by atoms with van der Waals surface area (Å²) in [6.07, 6.45) is 0.867. The second-order valence-electron chi connectivity index (χ2n) is 5.81. The maximum absolute atomic E-state index is 12.5. The summed E-state index contributed by atoms with van der Waals surface area (Å²) in [5.74, 6) is 0.885. The fourth-order valence-electron chi connectivity index (χ4n) is 2.81. The molecule has 0 unspecified atom stereocenters. The number of amides is 1. The monoisotopic (exact) mass is 405 g/mol. The van der Waals surface area contributed by atoms with E-state index in [-0.39, 0.29) is 9.88 Å². The summed E-state index contributed by atoms with van der Waals surface area (Å²) in [5, 5.41) is 10.8. The molecule has 27 heavy (non-hydrogen) atoms. The third-order valence-corrected chi connectivity index (χ3v) is 6.04. The van der Waals surface area contributed by atoms with E-state index in [1.807, 2.05) is 23.6 Å². The first-order valence-electron chi connectivity index (χ1n) is 8.33. The van der Waals surface area contributed by atoms with Gasteiger partial charge < -0.3 is 14.0 Å². The Balaban J connectivity index is 1.81. The molecule has 0 atom stereocenters. The number of fused-ring (bicyclic) bond motifs is 2. The Labute approximate surface area is 161 Å². The standard InChI is InChI=1S/C17H15N3O5S2/c1-2-5-19-10-8-11-12(25-7-6-24-11)9-14(10)27-17(19)18-16(21)13-3-4-15(26-13)20(22)23/h3-4,8-9H,2,5-7H2,1H3. The van der Waals surface area contributed by atoms with Crippen LogP contribution in [0, 0.1) is 10.1 Å². The number of nitrogens with zero attached hydrogens (tertiary/aromatic N) is 3. The number of thiazole rings is 1. The van der Waals surface area contributed by atoms with E-state index in [1.54, 1.807) is 0 Å². The molecule has 0 spiro atoms. The van der Waals surface area contributed by atoms with Crippen LogP contribution in [0.2, 0.25) is 0 Å². The van der Waals surface area contributed by atoms with Crippen molar-refractivity contribution in [1.29, 1.82) is 0 Å². The Hall–Kier alpha value is -2.72. The van der Waals surface area contributed by atoms with Crippen molar-refractivity contribution in [1.82, 2.24) is 4.57 Å². The summed E-state index contributed by atoms with van der Waals surface area (Å²) in [6.45, 7) is 3.74. The zero-order chi connectivity index (χ0) is 19.0. The Bertz CT molecular complexity index is 1110. The van der Waals surface area contributed by atoms with Crippen molar-refractivity contribution in [2.24, 2.45) is 4.99 Å². The van der Waals surface area contributed by atoms with Crippen molar-refractivity contribution < 1.29 is 19.2 Å². The quantitative estimate of drug-likeness (QED) is 0.488. The van der Waals surface area contributed by atoms with Gasteiger partial charge in [0.2, 0.25) is 0 Å². The van der Waals surface area contributed by atoms with Crippen LogP contribution in [-0.4, -0.2) is 28.6 Å². The van der Waals surface area contributed by atoms with Gasteiger partial charge in [-0.15, -0.1) is 0 Å². The van der Waals surface area contributed by atoms with Gasteiger partial charge in [0.25, 0.3) is 5.91 Å². The number of rotatable bonds is 4. The van der Waals surface area contributed by atoms with Gasteiger partial charge in [-0.05, 0) is 12.5 Å². The van der Waals surface area contributed by atoms with Gasteiger partial charge in [0, 0.05) is 24.7 Å². The normalized spacial score (nSPS) is 13.9. The molecule has 140 valence electrons. The summed E-state index contributed by atoms with van der Waals surface area (Å²) >= 11 is 2.21. The SMILES string of the molecule is CCCn1c(=NC(=O)c2ccc([N+](=O)[O-])s2)sc2cc3c(cc21)OCCO3. The van der Waals surface area contributed by atoms with E-state index in [2.05, 4.69) is 4.99 Å². The molecule has 0 saturated heterocycles. The molecule has 0 N–H and O–H groups in total. The topological polar surface area (TPSA) is 96.0 Å². The molecule has 10 heteroatoms. The fourth-order valence-corrected chi connectivity index (χ4v) is 4.58. The molecule has 3 aromatic rings. The summed E-state index contributed by atoms with van der Waals surface area (Å²) in [7, 11) is 0. The predicted octanol–water partition coefficient (Wildman–Crippen LogP) is 3.59. The van der Waals surface area contributed by atoms with Crippen LogP contribution in [0.25, 0.3) is 10.2 Å².